The van der Waals surface area contributed by atoms with Crippen molar-refractivity contribution >= 4 is 30.5 Å². The van der Waals surface area contributed by atoms with E-state index in [0.717, 1.165) is 22.7 Å². The Hall–Kier alpha value is -1.45. The van der Waals surface area contributed by atoms with E-state index in [4.69, 9.17) is 10.5 Å². The fourth-order valence-corrected chi connectivity index (χ4v) is 1.31. The first-order chi connectivity index (χ1) is 7.74. The summed E-state index contributed by atoms with van der Waals surface area (Å²) < 4.78 is 5.57. The van der Waals surface area contributed by atoms with Crippen LogP contribution in [-0.2, 0) is 6.61 Å². The Kier molecular flexibility index (Phi) is 7.17. The van der Waals surface area contributed by atoms with Crippen molar-refractivity contribution in [1.82, 2.24) is 4.98 Å². The average molecular weight is 287 g/mol. The van der Waals surface area contributed by atoms with Gasteiger partial charge in [-0.3, -0.25) is 4.98 Å². The zero-order valence-corrected chi connectivity index (χ0v) is 11.6. The molecule has 2 rings (SSSR count). The zero-order chi connectivity index (χ0) is 11.4. The van der Waals surface area contributed by atoms with E-state index in [9.17, 15) is 0 Å². The van der Waals surface area contributed by atoms with Gasteiger partial charge in [-0.25, -0.2) is 0 Å². The van der Waals surface area contributed by atoms with E-state index in [1.165, 1.54) is 0 Å². The maximum Gasteiger partial charge on any atom is 0.130 e. The molecule has 0 atom stereocenters. The van der Waals surface area contributed by atoms with Crippen LogP contribution in [-0.4, -0.2) is 4.98 Å². The molecule has 0 bridgehead atoms. The van der Waals surface area contributed by atoms with Crippen molar-refractivity contribution < 1.29 is 4.74 Å². The Balaban J connectivity index is 0.00000144. The Labute approximate surface area is 119 Å². The number of hydrogen-bond acceptors (Lipinski definition) is 3. The summed E-state index contributed by atoms with van der Waals surface area (Å²) in [5.74, 6) is 0.802. The van der Waals surface area contributed by atoms with Crippen LogP contribution in [0.1, 0.15) is 11.3 Å². The molecule has 18 heavy (non-hydrogen) atoms. The number of aromatic nitrogens is 1. The van der Waals surface area contributed by atoms with Gasteiger partial charge in [0.15, 0.2) is 0 Å². The van der Waals surface area contributed by atoms with Gasteiger partial charge in [0.25, 0.3) is 0 Å². The summed E-state index contributed by atoms with van der Waals surface area (Å²) in [6, 6.07) is 11.3. The van der Waals surface area contributed by atoms with Gasteiger partial charge in [0.1, 0.15) is 12.4 Å². The van der Waals surface area contributed by atoms with Gasteiger partial charge in [-0.2, -0.15) is 0 Å². The van der Waals surface area contributed by atoms with E-state index in [1.54, 1.807) is 0 Å². The number of nitrogens with zero attached hydrogens (tertiary/aromatic N) is 1. The molecule has 0 spiro atoms. The number of anilines is 1. The molecule has 1 heterocycles. The lowest BCUT2D eigenvalue weighted by molar-refractivity contribution is 0.301. The van der Waals surface area contributed by atoms with Crippen molar-refractivity contribution in [2.24, 2.45) is 0 Å². The van der Waals surface area contributed by atoms with Crippen LogP contribution in [0, 0.1) is 6.92 Å². The first kappa shape index (κ1) is 16.6. The number of nitrogens with two attached hydrogens (primary N) is 1. The van der Waals surface area contributed by atoms with Crippen LogP contribution >= 0.6 is 24.8 Å². The first-order valence-electron chi connectivity index (χ1n) is 5.14. The van der Waals surface area contributed by atoms with Gasteiger partial charge < -0.3 is 10.5 Å². The summed E-state index contributed by atoms with van der Waals surface area (Å²) in [5.41, 5.74) is 8.39. The first-order valence-corrected chi connectivity index (χ1v) is 5.14. The Bertz CT molecular complexity index is 412. The maximum atomic E-state index is 5.58. The quantitative estimate of drug-likeness (QED) is 0.880. The average Bonchev–Trinajstić information content (AvgIpc) is 2.30. The predicted molar refractivity (Wildman–Crippen MR) is 78.7 cm³/mol. The van der Waals surface area contributed by atoms with Crippen LogP contribution in [0.4, 0.5) is 5.69 Å². The highest BCUT2D eigenvalue weighted by atomic mass is 35.5. The third-order valence-corrected chi connectivity index (χ3v) is 2.24. The van der Waals surface area contributed by atoms with Gasteiger partial charge in [-0.15, -0.1) is 24.8 Å². The van der Waals surface area contributed by atoms with Crippen molar-refractivity contribution in [2.75, 3.05) is 5.73 Å². The van der Waals surface area contributed by atoms with Gasteiger partial charge in [-0.1, -0.05) is 6.07 Å². The van der Waals surface area contributed by atoms with E-state index in [2.05, 4.69) is 4.98 Å². The van der Waals surface area contributed by atoms with E-state index in [-0.39, 0.29) is 24.8 Å². The number of aryl methyl sites for hydroxylation is 1. The molecule has 3 nitrogen and oxygen atoms in total. The Morgan fingerprint density at radius 1 is 1.06 bits per heavy atom. The lowest BCUT2D eigenvalue weighted by Crippen LogP contribution is -1.98. The molecule has 2 aromatic rings. The van der Waals surface area contributed by atoms with Gasteiger partial charge in [-0.05, 0) is 42.8 Å². The monoisotopic (exact) mass is 286 g/mol. The summed E-state index contributed by atoms with van der Waals surface area (Å²) >= 11 is 0. The van der Waals surface area contributed by atoms with Crippen molar-refractivity contribution in [3.63, 3.8) is 0 Å². The van der Waals surface area contributed by atoms with Crippen molar-refractivity contribution in [2.45, 2.75) is 13.5 Å². The molecular formula is C13H16Cl2N2O. The van der Waals surface area contributed by atoms with Crippen LogP contribution in [0.5, 0.6) is 5.75 Å². The van der Waals surface area contributed by atoms with Crippen LogP contribution < -0.4 is 10.5 Å². The number of halogens is 2. The predicted octanol–water partition coefficient (Wildman–Crippen LogP) is 3.39. The van der Waals surface area contributed by atoms with E-state index >= 15 is 0 Å². The van der Waals surface area contributed by atoms with E-state index in [0.29, 0.717) is 6.61 Å². The largest absolute Gasteiger partial charge is 0.487 e. The summed E-state index contributed by atoms with van der Waals surface area (Å²) in [7, 11) is 0. The second-order valence-corrected chi connectivity index (χ2v) is 3.68. The molecule has 98 valence electrons. The highest BCUT2D eigenvalue weighted by Gasteiger charge is 1.96. The number of pyridine rings is 1. The minimum atomic E-state index is 0. The number of nitrogen functional groups attached to an aromatic ring is 1. The molecule has 0 amide bonds. The van der Waals surface area contributed by atoms with Crippen molar-refractivity contribution in [3.05, 3.63) is 53.9 Å². The summed E-state index contributed by atoms with van der Waals surface area (Å²) in [5, 5.41) is 0. The second-order valence-electron chi connectivity index (χ2n) is 3.68. The summed E-state index contributed by atoms with van der Waals surface area (Å²) in [4.78, 5) is 4.26. The number of ether oxygens (including phenoxy) is 1. The highest BCUT2D eigenvalue weighted by molar-refractivity contribution is 5.85. The molecule has 0 fully saturated rings. The second kappa shape index (κ2) is 7.80. The molecular weight excluding hydrogens is 271 g/mol. The highest BCUT2D eigenvalue weighted by Crippen LogP contribution is 2.14. The Morgan fingerprint density at radius 2 is 1.72 bits per heavy atom. The molecule has 0 saturated carbocycles. The van der Waals surface area contributed by atoms with Crippen LogP contribution in [0.15, 0.2) is 42.6 Å². The third kappa shape index (κ3) is 4.82. The smallest absolute Gasteiger partial charge is 0.130 e. The summed E-state index contributed by atoms with van der Waals surface area (Å²) in [6.07, 6.45) is 1.83. The minimum absolute atomic E-state index is 0. The molecule has 0 aliphatic heterocycles. The van der Waals surface area contributed by atoms with Crippen LogP contribution in [0.25, 0.3) is 0 Å². The lowest BCUT2D eigenvalue weighted by Gasteiger charge is -2.05. The minimum Gasteiger partial charge on any atom is -0.487 e. The van der Waals surface area contributed by atoms with Gasteiger partial charge in [0.2, 0.25) is 0 Å². The van der Waals surface area contributed by atoms with E-state index < -0.39 is 0 Å². The molecule has 1 aromatic heterocycles. The van der Waals surface area contributed by atoms with Gasteiger partial charge in [0.05, 0.1) is 5.69 Å². The lowest BCUT2D eigenvalue weighted by atomic mass is 10.3. The third-order valence-electron chi connectivity index (χ3n) is 2.24. The Morgan fingerprint density at radius 3 is 2.28 bits per heavy atom. The zero-order valence-electron chi connectivity index (χ0n) is 10.00. The molecule has 0 aliphatic carbocycles. The number of benzene rings is 1. The maximum absolute atomic E-state index is 5.58. The van der Waals surface area contributed by atoms with Gasteiger partial charge >= 0.3 is 0 Å². The van der Waals surface area contributed by atoms with Crippen molar-refractivity contribution in [1.29, 1.82) is 0 Å². The fraction of sp³-hybridized carbons (Fsp3) is 0.154. The normalized spacial score (nSPS) is 8.94. The molecule has 2 N–H and O–H groups in total. The molecule has 0 aliphatic rings. The molecule has 0 radical (unpaired) electrons. The molecule has 5 heteroatoms. The molecule has 0 unspecified atom stereocenters. The number of hydrogen-bond donors (Lipinski definition) is 1. The van der Waals surface area contributed by atoms with Crippen LogP contribution in [0.2, 0.25) is 0 Å². The standard InChI is InChI=1S/C13H14N2O.2ClH/c1-10-2-5-12(15-8-10)9-16-13-6-3-11(14)4-7-13;;/h2-8H,9,14H2,1H3;2*1H. The van der Waals surface area contributed by atoms with Crippen molar-refractivity contribution in [3.8, 4) is 5.75 Å². The number of rotatable bonds is 3. The molecule has 1 aromatic carbocycles. The SMILES string of the molecule is Cc1ccc(COc2ccc(N)cc2)nc1.Cl.Cl. The fourth-order valence-electron chi connectivity index (χ4n) is 1.31. The topological polar surface area (TPSA) is 48.1 Å². The molecule has 0 saturated heterocycles. The van der Waals surface area contributed by atoms with Crippen LogP contribution in [0.3, 0.4) is 0 Å². The van der Waals surface area contributed by atoms with Gasteiger partial charge in [0, 0.05) is 11.9 Å². The summed E-state index contributed by atoms with van der Waals surface area (Å²) in [6.45, 7) is 2.49. The van der Waals surface area contributed by atoms with E-state index in [1.807, 2.05) is 49.5 Å².